The van der Waals surface area contributed by atoms with E-state index in [1.54, 1.807) is 7.11 Å². The van der Waals surface area contributed by atoms with Crippen molar-refractivity contribution < 1.29 is 14.3 Å². The van der Waals surface area contributed by atoms with E-state index in [-0.39, 0.29) is 18.6 Å². The molecule has 0 bridgehead atoms. The van der Waals surface area contributed by atoms with Crippen molar-refractivity contribution in [2.75, 3.05) is 27.4 Å². The van der Waals surface area contributed by atoms with Crippen molar-refractivity contribution in [3.63, 3.8) is 0 Å². The zero-order valence-electron chi connectivity index (χ0n) is 12.0. The van der Waals surface area contributed by atoms with Crippen molar-refractivity contribution in [1.82, 2.24) is 10.6 Å². The van der Waals surface area contributed by atoms with Gasteiger partial charge in [0.15, 0.2) is 6.61 Å². The number of methoxy groups -OCH3 is 1. The summed E-state index contributed by atoms with van der Waals surface area (Å²) >= 11 is 3.44. The van der Waals surface area contributed by atoms with Gasteiger partial charge in [-0.15, -0.1) is 0 Å². The maximum absolute atomic E-state index is 11.7. The van der Waals surface area contributed by atoms with Gasteiger partial charge in [-0.05, 0) is 47.6 Å². The Kier molecular flexibility index (Phi) is 7.58. The number of ether oxygens (including phenoxy) is 2. The monoisotopic (exact) mass is 344 g/mol. The second kappa shape index (κ2) is 8.94. The van der Waals surface area contributed by atoms with Gasteiger partial charge in [0, 0.05) is 19.7 Å². The maximum atomic E-state index is 11.7. The van der Waals surface area contributed by atoms with Crippen LogP contribution in [0.4, 0.5) is 0 Å². The number of rotatable bonds is 8. The SMILES string of the molecule is CNCc1ccc(OCC(=O)NC(C)COC)c(Br)c1. The Hall–Kier alpha value is -1.11. The third-order valence-electron chi connectivity index (χ3n) is 2.56. The van der Waals surface area contributed by atoms with Crippen molar-refractivity contribution in [1.29, 1.82) is 0 Å². The summed E-state index contributed by atoms with van der Waals surface area (Å²) in [6, 6.07) is 5.75. The molecule has 0 fully saturated rings. The van der Waals surface area contributed by atoms with E-state index in [0.29, 0.717) is 12.4 Å². The summed E-state index contributed by atoms with van der Waals surface area (Å²) in [6.07, 6.45) is 0. The predicted octanol–water partition coefficient (Wildman–Crippen LogP) is 1.70. The van der Waals surface area contributed by atoms with Crippen molar-refractivity contribution >= 4 is 21.8 Å². The van der Waals surface area contributed by atoms with Gasteiger partial charge in [-0.3, -0.25) is 4.79 Å². The van der Waals surface area contributed by atoms with Gasteiger partial charge in [-0.2, -0.15) is 0 Å². The molecule has 1 aromatic rings. The average Bonchev–Trinajstić information content (AvgIpc) is 2.38. The molecular formula is C14H21BrN2O3. The summed E-state index contributed by atoms with van der Waals surface area (Å²) in [5.41, 5.74) is 1.14. The lowest BCUT2D eigenvalue weighted by Crippen LogP contribution is -2.38. The molecule has 2 N–H and O–H groups in total. The highest BCUT2D eigenvalue weighted by Gasteiger charge is 2.09. The fraction of sp³-hybridized carbons (Fsp3) is 0.500. The van der Waals surface area contributed by atoms with Gasteiger partial charge in [0.1, 0.15) is 5.75 Å². The first kappa shape index (κ1) is 16.9. The zero-order chi connectivity index (χ0) is 15.0. The molecule has 20 heavy (non-hydrogen) atoms. The van der Waals surface area contributed by atoms with Crippen LogP contribution in [0.3, 0.4) is 0 Å². The number of hydrogen-bond donors (Lipinski definition) is 2. The van der Waals surface area contributed by atoms with E-state index >= 15 is 0 Å². The van der Waals surface area contributed by atoms with Crippen LogP contribution in [0.15, 0.2) is 22.7 Å². The highest BCUT2D eigenvalue weighted by Crippen LogP contribution is 2.25. The Morgan fingerprint density at radius 3 is 2.80 bits per heavy atom. The first-order chi connectivity index (χ1) is 9.56. The van der Waals surface area contributed by atoms with E-state index in [9.17, 15) is 4.79 Å². The Labute approximate surface area is 128 Å². The Morgan fingerprint density at radius 2 is 2.20 bits per heavy atom. The van der Waals surface area contributed by atoms with Gasteiger partial charge in [0.25, 0.3) is 5.91 Å². The second-order valence-corrected chi connectivity index (χ2v) is 5.36. The molecule has 1 atom stereocenters. The van der Waals surface area contributed by atoms with E-state index in [0.717, 1.165) is 16.6 Å². The van der Waals surface area contributed by atoms with Gasteiger partial charge < -0.3 is 20.1 Å². The molecule has 0 heterocycles. The standard InChI is InChI=1S/C14H21BrN2O3/c1-10(8-19-3)17-14(18)9-20-13-5-4-11(7-16-2)6-12(13)15/h4-6,10,16H,7-9H2,1-3H3,(H,17,18). The van der Waals surface area contributed by atoms with Crippen LogP contribution < -0.4 is 15.4 Å². The molecule has 0 aromatic heterocycles. The average molecular weight is 345 g/mol. The zero-order valence-corrected chi connectivity index (χ0v) is 13.6. The predicted molar refractivity (Wildman–Crippen MR) is 81.9 cm³/mol. The van der Waals surface area contributed by atoms with Crippen molar-refractivity contribution in [2.24, 2.45) is 0 Å². The molecule has 0 aliphatic carbocycles. The number of carbonyl (C=O) groups excluding carboxylic acids is 1. The van der Waals surface area contributed by atoms with Gasteiger partial charge in [0.2, 0.25) is 0 Å². The molecule has 0 aliphatic heterocycles. The fourth-order valence-electron chi connectivity index (χ4n) is 1.73. The Morgan fingerprint density at radius 1 is 1.45 bits per heavy atom. The molecule has 1 amide bonds. The summed E-state index contributed by atoms with van der Waals surface area (Å²) in [4.78, 5) is 11.7. The highest BCUT2D eigenvalue weighted by atomic mass is 79.9. The van der Waals surface area contributed by atoms with Crippen LogP contribution >= 0.6 is 15.9 Å². The Balaban J connectivity index is 2.47. The molecule has 5 nitrogen and oxygen atoms in total. The van der Waals surface area contributed by atoms with Crippen molar-refractivity contribution in [3.05, 3.63) is 28.2 Å². The lowest BCUT2D eigenvalue weighted by atomic mass is 10.2. The minimum atomic E-state index is -0.166. The maximum Gasteiger partial charge on any atom is 0.258 e. The number of halogens is 1. The third kappa shape index (κ3) is 5.90. The number of hydrogen-bond acceptors (Lipinski definition) is 4. The minimum absolute atomic E-state index is 0.0158. The third-order valence-corrected chi connectivity index (χ3v) is 3.18. The van der Waals surface area contributed by atoms with Crippen LogP contribution in [0.1, 0.15) is 12.5 Å². The molecule has 0 saturated carbocycles. The summed E-state index contributed by atoms with van der Waals surface area (Å²) in [5.74, 6) is 0.486. The summed E-state index contributed by atoms with van der Waals surface area (Å²) in [6.45, 7) is 3.13. The lowest BCUT2D eigenvalue weighted by molar-refractivity contribution is -0.124. The van der Waals surface area contributed by atoms with Gasteiger partial charge in [-0.25, -0.2) is 0 Å². The topological polar surface area (TPSA) is 59.6 Å². The van der Waals surface area contributed by atoms with Crippen molar-refractivity contribution in [3.8, 4) is 5.75 Å². The van der Waals surface area contributed by atoms with Gasteiger partial charge in [-0.1, -0.05) is 6.07 Å². The number of nitrogens with one attached hydrogen (secondary N) is 2. The van der Waals surface area contributed by atoms with Crippen LogP contribution in [0.25, 0.3) is 0 Å². The Bertz CT molecular complexity index is 440. The van der Waals surface area contributed by atoms with E-state index in [1.165, 1.54) is 0 Å². The molecule has 0 aliphatic rings. The fourth-order valence-corrected chi connectivity index (χ4v) is 2.27. The minimum Gasteiger partial charge on any atom is -0.483 e. The lowest BCUT2D eigenvalue weighted by Gasteiger charge is -2.14. The number of carbonyl (C=O) groups is 1. The van der Waals surface area contributed by atoms with E-state index < -0.39 is 0 Å². The molecule has 6 heteroatoms. The van der Waals surface area contributed by atoms with Crippen LogP contribution in [0.2, 0.25) is 0 Å². The van der Waals surface area contributed by atoms with E-state index in [1.807, 2.05) is 32.2 Å². The molecule has 1 aromatic carbocycles. The molecule has 0 radical (unpaired) electrons. The number of benzene rings is 1. The molecular weight excluding hydrogens is 324 g/mol. The van der Waals surface area contributed by atoms with Gasteiger partial charge >= 0.3 is 0 Å². The normalized spacial score (nSPS) is 12.0. The van der Waals surface area contributed by atoms with Crippen molar-refractivity contribution in [2.45, 2.75) is 19.5 Å². The van der Waals surface area contributed by atoms with Crippen LogP contribution in [0.5, 0.6) is 5.75 Å². The quantitative estimate of drug-likeness (QED) is 0.753. The second-order valence-electron chi connectivity index (χ2n) is 4.51. The van der Waals surface area contributed by atoms with E-state index in [2.05, 4.69) is 26.6 Å². The van der Waals surface area contributed by atoms with Gasteiger partial charge in [0.05, 0.1) is 11.1 Å². The molecule has 0 spiro atoms. The first-order valence-electron chi connectivity index (χ1n) is 6.41. The largest absolute Gasteiger partial charge is 0.483 e. The van der Waals surface area contributed by atoms with Crippen LogP contribution in [-0.2, 0) is 16.1 Å². The summed E-state index contributed by atoms with van der Waals surface area (Å²) < 4.78 is 11.3. The first-order valence-corrected chi connectivity index (χ1v) is 7.20. The van der Waals surface area contributed by atoms with E-state index in [4.69, 9.17) is 9.47 Å². The molecule has 1 rings (SSSR count). The molecule has 0 saturated heterocycles. The number of amides is 1. The van der Waals surface area contributed by atoms with Crippen LogP contribution in [0, 0.1) is 0 Å². The summed E-state index contributed by atoms with van der Waals surface area (Å²) in [7, 11) is 3.49. The van der Waals surface area contributed by atoms with Crippen LogP contribution in [-0.4, -0.2) is 39.3 Å². The smallest absolute Gasteiger partial charge is 0.258 e. The molecule has 1 unspecified atom stereocenters. The highest BCUT2D eigenvalue weighted by molar-refractivity contribution is 9.10. The summed E-state index contributed by atoms with van der Waals surface area (Å²) in [5, 5.41) is 5.86. The molecule has 112 valence electrons.